The van der Waals surface area contributed by atoms with E-state index in [1.54, 1.807) is 6.92 Å². The third-order valence-corrected chi connectivity index (χ3v) is 2.32. The Morgan fingerprint density at radius 2 is 1.95 bits per heavy atom. The minimum atomic E-state index is -2.87. The van der Waals surface area contributed by atoms with Crippen LogP contribution in [-0.2, 0) is 4.79 Å². The van der Waals surface area contributed by atoms with Gasteiger partial charge in [0.1, 0.15) is 11.9 Å². The molecule has 0 radical (unpaired) electrons. The second-order valence-corrected chi connectivity index (χ2v) is 4.01. The van der Waals surface area contributed by atoms with E-state index >= 15 is 0 Å². The summed E-state index contributed by atoms with van der Waals surface area (Å²) in [6, 6.07) is 1.71. The lowest BCUT2D eigenvalue weighted by atomic mass is 10.1. The molecule has 0 aromatic heterocycles. The number of rotatable bonds is 5. The highest BCUT2D eigenvalue weighted by molar-refractivity contribution is 5.96. The van der Waals surface area contributed by atoms with Crippen molar-refractivity contribution in [1.29, 1.82) is 0 Å². The maximum absolute atomic E-state index is 13.1. The number of carbonyl (C=O) groups excluding carboxylic acids is 1. The molecule has 0 spiro atoms. The summed E-state index contributed by atoms with van der Waals surface area (Å²) < 4.78 is 37.4. The molecule has 1 unspecified atom stereocenters. The third kappa shape index (κ3) is 4.61. The van der Waals surface area contributed by atoms with Gasteiger partial charge in [0, 0.05) is 12.0 Å². The van der Waals surface area contributed by atoms with Gasteiger partial charge >= 0.3 is 5.97 Å². The fraction of sp³-hybridized carbons (Fsp3) is 0.333. The maximum atomic E-state index is 13.1. The van der Waals surface area contributed by atoms with Gasteiger partial charge < -0.3 is 10.4 Å². The Kier molecular flexibility index (Phi) is 4.91. The van der Waals surface area contributed by atoms with Gasteiger partial charge in [-0.3, -0.25) is 4.79 Å². The van der Waals surface area contributed by atoms with Crippen LogP contribution in [0.15, 0.2) is 18.2 Å². The summed E-state index contributed by atoms with van der Waals surface area (Å²) in [5, 5.41) is 10.6. The molecule has 0 fully saturated rings. The molecule has 1 aromatic carbocycles. The summed E-state index contributed by atoms with van der Waals surface area (Å²) in [4.78, 5) is 22.4. The number of benzene rings is 1. The second-order valence-electron chi connectivity index (χ2n) is 4.01. The van der Waals surface area contributed by atoms with E-state index in [9.17, 15) is 22.8 Å². The Balaban J connectivity index is 2.84. The number of hydrogen-bond acceptors (Lipinski definition) is 2. The van der Waals surface area contributed by atoms with E-state index in [-0.39, 0.29) is 5.56 Å². The Morgan fingerprint density at radius 3 is 2.42 bits per heavy atom. The van der Waals surface area contributed by atoms with Crippen LogP contribution in [0.3, 0.4) is 0 Å². The van der Waals surface area contributed by atoms with Crippen LogP contribution in [0.5, 0.6) is 0 Å². The Labute approximate surface area is 107 Å². The van der Waals surface area contributed by atoms with Crippen LogP contribution in [-0.4, -0.2) is 29.5 Å². The number of aryl methyl sites for hydroxylation is 1. The molecular weight excluding hydrogens is 263 g/mol. The predicted octanol–water partition coefficient (Wildman–Crippen LogP) is 1.97. The molecule has 1 rings (SSSR count). The summed E-state index contributed by atoms with van der Waals surface area (Å²) in [6.07, 6.45) is -3.87. The molecule has 2 N–H and O–H groups in total. The van der Waals surface area contributed by atoms with Gasteiger partial charge in [0.25, 0.3) is 5.91 Å². The molecule has 0 aliphatic rings. The van der Waals surface area contributed by atoms with Crippen LogP contribution in [0.2, 0.25) is 0 Å². The Morgan fingerprint density at radius 1 is 1.32 bits per heavy atom. The van der Waals surface area contributed by atoms with Gasteiger partial charge in [-0.15, -0.1) is 0 Å². The highest BCUT2D eigenvalue weighted by Crippen LogP contribution is 2.10. The van der Waals surface area contributed by atoms with Crippen molar-refractivity contribution in [2.45, 2.75) is 25.8 Å². The monoisotopic (exact) mass is 275 g/mol. The molecule has 7 heteroatoms. The van der Waals surface area contributed by atoms with E-state index in [1.807, 2.05) is 5.32 Å². The van der Waals surface area contributed by atoms with Crippen LogP contribution < -0.4 is 5.32 Å². The van der Waals surface area contributed by atoms with Gasteiger partial charge in [-0.05, 0) is 30.7 Å². The number of nitrogens with one attached hydrogen (secondary N) is 1. The van der Waals surface area contributed by atoms with Crippen LogP contribution in [0.25, 0.3) is 0 Å². The highest BCUT2D eigenvalue weighted by atomic mass is 19.3. The fourth-order valence-electron chi connectivity index (χ4n) is 1.51. The largest absolute Gasteiger partial charge is 0.480 e. The lowest BCUT2D eigenvalue weighted by Gasteiger charge is -2.14. The zero-order valence-corrected chi connectivity index (χ0v) is 9.99. The van der Waals surface area contributed by atoms with Gasteiger partial charge in [0.2, 0.25) is 6.43 Å². The Hall–Kier alpha value is -2.05. The summed E-state index contributed by atoms with van der Waals surface area (Å²) in [6.45, 7) is 1.55. The Bertz CT molecular complexity index is 471. The van der Waals surface area contributed by atoms with Crippen LogP contribution >= 0.6 is 0 Å². The zero-order chi connectivity index (χ0) is 14.6. The highest BCUT2D eigenvalue weighted by Gasteiger charge is 2.24. The summed E-state index contributed by atoms with van der Waals surface area (Å²) in [5.41, 5.74) is 0.351. The quantitative estimate of drug-likeness (QED) is 0.863. The van der Waals surface area contributed by atoms with Crippen molar-refractivity contribution >= 4 is 11.9 Å². The van der Waals surface area contributed by atoms with Crippen molar-refractivity contribution in [3.05, 3.63) is 35.1 Å². The van der Waals surface area contributed by atoms with E-state index in [0.29, 0.717) is 5.56 Å². The number of carbonyl (C=O) groups is 2. The molecule has 0 bridgehead atoms. The maximum Gasteiger partial charge on any atom is 0.326 e. The van der Waals surface area contributed by atoms with Crippen molar-refractivity contribution in [2.75, 3.05) is 0 Å². The van der Waals surface area contributed by atoms with Crippen molar-refractivity contribution < 1.29 is 27.9 Å². The summed E-state index contributed by atoms with van der Waals surface area (Å²) >= 11 is 0. The smallest absolute Gasteiger partial charge is 0.326 e. The van der Waals surface area contributed by atoms with Gasteiger partial charge in [-0.25, -0.2) is 18.0 Å². The summed E-state index contributed by atoms with van der Waals surface area (Å²) in [5.74, 6) is -3.14. The normalized spacial score (nSPS) is 12.3. The van der Waals surface area contributed by atoms with E-state index in [1.165, 1.54) is 12.1 Å². The number of aliphatic carboxylic acids is 1. The van der Waals surface area contributed by atoms with E-state index < -0.39 is 36.6 Å². The summed E-state index contributed by atoms with van der Waals surface area (Å²) in [7, 11) is 0. The second kappa shape index (κ2) is 6.21. The SMILES string of the molecule is Cc1cc(F)cc(C(=O)NC(CC(F)F)C(=O)O)c1. The first-order valence-electron chi connectivity index (χ1n) is 5.38. The van der Waals surface area contributed by atoms with Crippen LogP contribution in [0, 0.1) is 12.7 Å². The first kappa shape index (κ1) is 15.0. The number of alkyl halides is 2. The molecule has 0 heterocycles. The molecule has 0 aliphatic carbocycles. The van der Waals surface area contributed by atoms with Crippen molar-refractivity contribution in [3.63, 3.8) is 0 Å². The van der Waals surface area contributed by atoms with Crippen molar-refractivity contribution in [2.24, 2.45) is 0 Å². The van der Waals surface area contributed by atoms with Gasteiger partial charge in [-0.1, -0.05) is 0 Å². The van der Waals surface area contributed by atoms with Gasteiger partial charge in [0.05, 0.1) is 0 Å². The molecule has 19 heavy (non-hydrogen) atoms. The topological polar surface area (TPSA) is 66.4 Å². The average Bonchev–Trinajstić information content (AvgIpc) is 2.25. The standard InChI is InChI=1S/C12H12F3NO3/c1-6-2-7(4-8(13)3-6)11(17)16-9(12(18)19)5-10(14)15/h2-4,9-10H,5H2,1H3,(H,16,17)(H,18,19). The number of carboxylic acids is 1. The molecule has 4 nitrogen and oxygen atoms in total. The third-order valence-electron chi connectivity index (χ3n) is 2.32. The minimum absolute atomic E-state index is 0.113. The minimum Gasteiger partial charge on any atom is -0.480 e. The van der Waals surface area contributed by atoms with Crippen molar-refractivity contribution in [1.82, 2.24) is 5.32 Å². The molecular formula is C12H12F3NO3. The van der Waals surface area contributed by atoms with E-state index in [4.69, 9.17) is 5.11 Å². The number of carboxylic acid groups (broad SMARTS) is 1. The van der Waals surface area contributed by atoms with Crippen LogP contribution in [0.1, 0.15) is 22.3 Å². The predicted molar refractivity (Wildman–Crippen MR) is 60.6 cm³/mol. The van der Waals surface area contributed by atoms with Gasteiger partial charge in [-0.2, -0.15) is 0 Å². The molecule has 0 aliphatic heterocycles. The van der Waals surface area contributed by atoms with E-state index in [2.05, 4.69) is 0 Å². The lowest BCUT2D eigenvalue weighted by Crippen LogP contribution is -2.42. The molecule has 0 saturated heterocycles. The molecule has 0 saturated carbocycles. The zero-order valence-electron chi connectivity index (χ0n) is 9.99. The lowest BCUT2D eigenvalue weighted by molar-refractivity contribution is -0.140. The number of amides is 1. The first-order chi connectivity index (χ1) is 8.79. The van der Waals surface area contributed by atoms with Gasteiger partial charge in [0.15, 0.2) is 0 Å². The molecule has 104 valence electrons. The van der Waals surface area contributed by atoms with Crippen LogP contribution in [0.4, 0.5) is 13.2 Å². The fourth-order valence-corrected chi connectivity index (χ4v) is 1.51. The average molecular weight is 275 g/mol. The number of hydrogen-bond donors (Lipinski definition) is 2. The molecule has 1 aromatic rings. The first-order valence-corrected chi connectivity index (χ1v) is 5.38. The van der Waals surface area contributed by atoms with E-state index in [0.717, 1.165) is 6.07 Å². The number of halogens is 3. The van der Waals surface area contributed by atoms with Crippen molar-refractivity contribution in [3.8, 4) is 0 Å². The molecule has 1 amide bonds. The molecule has 1 atom stereocenters.